The molecular formula is C16H15FN4S. The third-order valence-electron chi connectivity index (χ3n) is 3.87. The monoisotopic (exact) mass is 314 g/mol. The van der Waals surface area contributed by atoms with Gasteiger partial charge in [0.05, 0.1) is 10.5 Å². The van der Waals surface area contributed by atoms with Crippen LogP contribution in [0.1, 0.15) is 12.0 Å². The number of aromatic nitrogens is 3. The molecule has 0 saturated carbocycles. The fraction of sp³-hybridized carbons (Fsp3) is 0.250. The Kier molecular flexibility index (Phi) is 3.35. The highest BCUT2D eigenvalue weighted by Crippen LogP contribution is 2.36. The quantitative estimate of drug-likeness (QED) is 0.747. The molecule has 1 aliphatic rings. The van der Waals surface area contributed by atoms with Crippen LogP contribution < -0.4 is 0 Å². The number of benzene rings is 1. The number of halogens is 1. The van der Waals surface area contributed by atoms with Crippen LogP contribution in [0.25, 0.3) is 22.3 Å². The molecule has 0 amide bonds. The van der Waals surface area contributed by atoms with Gasteiger partial charge >= 0.3 is 0 Å². The van der Waals surface area contributed by atoms with E-state index in [0.717, 1.165) is 34.6 Å². The molecule has 0 radical (unpaired) electrons. The summed E-state index contributed by atoms with van der Waals surface area (Å²) in [4.78, 5) is 11.8. The summed E-state index contributed by atoms with van der Waals surface area (Å²) < 4.78 is 16.6. The van der Waals surface area contributed by atoms with Crippen molar-refractivity contribution in [1.29, 1.82) is 0 Å². The molecule has 1 fully saturated rings. The standard InChI is InChI=1S/C16H15FN4S/c1-10-8-12(17)15-11(14(10)16-18-4-2-5-19-16)9-13(20-15)22-21-6-3-7-21/h2,4-5,8-9,20H,3,6-7H2,1H3. The van der Waals surface area contributed by atoms with E-state index in [0.29, 0.717) is 11.3 Å². The number of fused-ring (bicyclic) bond motifs is 1. The van der Waals surface area contributed by atoms with Crippen molar-refractivity contribution in [2.75, 3.05) is 13.1 Å². The number of nitrogens with zero attached hydrogens (tertiary/aromatic N) is 3. The van der Waals surface area contributed by atoms with Gasteiger partial charge in [0, 0.05) is 36.4 Å². The maximum Gasteiger partial charge on any atom is 0.160 e. The second-order valence-corrected chi connectivity index (χ2v) is 6.56. The fourth-order valence-corrected chi connectivity index (χ4v) is 3.69. The second kappa shape index (κ2) is 5.37. The Bertz CT molecular complexity index is 827. The van der Waals surface area contributed by atoms with Crippen molar-refractivity contribution in [3.63, 3.8) is 0 Å². The van der Waals surface area contributed by atoms with E-state index in [1.54, 1.807) is 36.5 Å². The molecule has 0 aliphatic carbocycles. The van der Waals surface area contributed by atoms with Gasteiger partial charge in [-0.25, -0.2) is 18.7 Å². The van der Waals surface area contributed by atoms with E-state index in [2.05, 4.69) is 19.3 Å². The number of hydrogen-bond donors (Lipinski definition) is 1. The minimum absolute atomic E-state index is 0.234. The van der Waals surface area contributed by atoms with E-state index in [-0.39, 0.29) is 5.82 Å². The molecule has 0 atom stereocenters. The maximum absolute atomic E-state index is 14.3. The highest BCUT2D eigenvalue weighted by atomic mass is 32.2. The predicted molar refractivity (Wildman–Crippen MR) is 86.1 cm³/mol. The van der Waals surface area contributed by atoms with Crippen molar-refractivity contribution in [2.45, 2.75) is 18.4 Å². The minimum atomic E-state index is -0.234. The molecular weight excluding hydrogens is 299 g/mol. The SMILES string of the molecule is Cc1cc(F)c2[nH]c(SN3CCC3)cc2c1-c1ncccn1. The lowest BCUT2D eigenvalue weighted by Crippen LogP contribution is -2.30. The molecule has 0 unspecified atom stereocenters. The molecule has 4 nitrogen and oxygen atoms in total. The van der Waals surface area contributed by atoms with Crippen LogP contribution in [0.4, 0.5) is 4.39 Å². The summed E-state index contributed by atoms with van der Waals surface area (Å²) in [6.07, 6.45) is 4.64. The predicted octanol–water partition coefficient (Wildman–Crippen LogP) is 3.79. The van der Waals surface area contributed by atoms with Crippen molar-refractivity contribution in [3.8, 4) is 11.4 Å². The molecule has 2 aromatic heterocycles. The number of aryl methyl sites for hydroxylation is 1. The molecule has 1 aliphatic heterocycles. The molecule has 112 valence electrons. The van der Waals surface area contributed by atoms with E-state index < -0.39 is 0 Å². The Balaban J connectivity index is 1.87. The zero-order chi connectivity index (χ0) is 15.1. The molecule has 0 spiro atoms. The third kappa shape index (κ3) is 2.28. The summed E-state index contributed by atoms with van der Waals surface area (Å²) in [5, 5.41) is 1.79. The maximum atomic E-state index is 14.3. The van der Waals surface area contributed by atoms with E-state index in [1.165, 1.54) is 6.42 Å². The van der Waals surface area contributed by atoms with Gasteiger partial charge in [-0.15, -0.1) is 0 Å². The highest BCUT2D eigenvalue weighted by Gasteiger charge is 2.19. The van der Waals surface area contributed by atoms with Gasteiger partial charge in [0.15, 0.2) is 5.82 Å². The van der Waals surface area contributed by atoms with Gasteiger partial charge in [0.2, 0.25) is 0 Å². The van der Waals surface area contributed by atoms with Gasteiger partial charge in [0.25, 0.3) is 0 Å². The first-order valence-electron chi connectivity index (χ1n) is 7.24. The molecule has 6 heteroatoms. The number of hydrogen-bond acceptors (Lipinski definition) is 4. The van der Waals surface area contributed by atoms with E-state index in [1.807, 2.05) is 13.0 Å². The average Bonchev–Trinajstić information content (AvgIpc) is 2.88. The van der Waals surface area contributed by atoms with Crippen LogP contribution in [0.15, 0.2) is 35.6 Å². The highest BCUT2D eigenvalue weighted by molar-refractivity contribution is 7.97. The third-order valence-corrected chi connectivity index (χ3v) is 4.91. The fourth-order valence-electron chi connectivity index (χ4n) is 2.65. The van der Waals surface area contributed by atoms with Gasteiger partial charge in [0.1, 0.15) is 5.82 Å². The first-order valence-corrected chi connectivity index (χ1v) is 8.02. The van der Waals surface area contributed by atoms with Gasteiger partial charge < -0.3 is 4.98 Å². The van der Waals surface area contributed by atoms with Gasteiger partial charge in [-0.05, 0) is 49.1 Å². The average molecular weight is 314 g/mol. The lowest BCUT2D eigenvalue weighted by molar-refractivity contribution is 0.343. The molecule has 1 aromatic carbocycles. The van der Waals surface area contributed by atoms with Crippen LogP contribution in [-0.2, 0) is 0 Å². The van der Waals surface area contributed by atoms with Crippen molar-refractivity contribution >= 4 is 22.9 Å². The topological polar surface area (TPSA) is 44.8 Å². The van der Waals surface area contributed by atoms with Crippen LogP contribution in [0.2, 0.25) is 0 Å². The van der Waals surface area contributed by atoms with E-state index in [9.17, 15) is 4.39 Å². The zero-order valence-corrected chi connectivity index (χ0v) is 13.0. The van der Waals surface area contributed by atoms with Gasteiger partial charge in [-0.1, -0.05) is 0 Å². The largest absolute Gasteiger partial charge is 0.346 e. The first-order chi connectivity index (χ1) is 10.7. The number of rotatable bonds is 3. The summed E-state index contributed by atoms with van der Waals surface area (Å²) in [5.41, 5.74) is 2.26. The van der Waals surface area contributed by atoms with Crippen molar-refractivity contribution in [1.82, 2.24) is 19.3 Å². The Morgan fingerprint density at radius 2 is 2.00 bits per heavy atom. The van der Waals surface area contributed by atoms with Crippen LogP contribution in [-0.4, -0.2) is 32.3 Å². The van der Waals surface area contributed by atoms with Crippen LogP contribution in [0.3, 0.4) is 0 Å². The number of H-pyrrole nitrogens is 1. The summed E-state index contributed by atoms with van der Waals surface area (Å²) in [7, 11) is 0. The zero-order valence-electron chi connectivity index (χ0n) is 12.1. The lowest BCUT2D eigenvalue weighted by Gasteiger charge is -2.28. The van der Waals surface area contributed by atoms with Crippen molar-refractivity contribution in [2.24, 2.45) is 0 Å². The van der Waals surface area contributed by atoms with E-state index in [4.69, 9.17) is 0 Å². The molecule has 22 heavy (non-hydrogen) atoms. The Morgan fingerprint density at radius 1 is 1.23 bits per heavy atom. The molecule has 3 aromatic rings. The molecule has 1 saturated heterocycles. The molecule has 0 bridgehead atoms. The smallest absolute Gasteiger partial charge is 0.160 e. The summed E-state index contributed by atoms with van der Waals surface area (Å²) in [5.74, 6) is 0.396. The van der Waals surface area contributed by atoms with Crippen molar-refractivity contribution in [3.05, 3.63) is 42.0 Å². The number of aromatic amines is 1. The van der Waals surface area contributed by atoms with Crippen LogP contribution in [0, 0.1) is 12.7 Å². The molecule has 4 rings (SSSR count). The Morgan fingerprint density at radius 3 is 2.68 bits per heavy atom. The summed E-state index contributed by atoms with van der Waals surface area (Å²) >= 11 is 1.64. The normalized spacial score (nSPS) is 15.2. The lowest BCUT2D eigenvalue weighted by atomic mass is 10.0. The van der Waals surface area contributed by atoms with Crippen molar-refractivity contribution < 1.29 is 4.39 Å². The van der Waals surface area contributed by atoms with Gasteiger partial charge in [-0.3, -0.25) is 0 Å². The molecule has 3 heterocycles. The number of nitrogens with one attached hydrogen (secondary N) is 1. The van der Waals surface area contributed by atoms with Gasteiger partial charge in [-0.2, -0.15) is 0 Å². The first kappa shape index (κ1) is 13.7. The Labute approximate surface area is 131 Å². The molecule has 1 N–H and O–H groups in total. The van der Waals surface area contributed by atoms with E-state index >= 15 is 0 Å². The Hall–Kier alpha value is -1.92. The van der Waals surface area contributed by atoms with Crippen LogP contribution in [0.5, 0.6) is 0 Å². The minimum Gasteiger partial charge on any atom is -0.346 e. The second-order valence-electron chi connectivity index (χ2n) is 5.42. The van der Waals surface area contributed by atoms with Crippen LogP contribution >= 0.6 is 11.9 Å². The summed E-state index contributed by atoms with van der Waals surface area (Å²) in [6, 6.07) is 5.32. The summed E-state index contributed by atoms with van der Waals surface area (Å²) in [6.45, 7) is 4.05.